The summed E-state index contributed by atoms with van der Waals surface area (Å²) in [5.41, 5.74) is 0.247. The van der Waals surface area contributed by atoms with Gasteiger partial charge >= 0.3 is 0 Å². The first-order valence-corrected chi connectivity index (χ1v) is 10.5. The number of benzene rings is 1. The average molecular weight is 393 g/mol. The van der Waals surface area contributed by atoms with Crippen molar-refractivity contribution in [3.8, 4) is 5.75 Å². The fourth-order valence-corrected chi connectivity index (χ4v) is 4.29. The molecule has 2 atom stereocenters. The Labute approximate surface area is 165 Å². The molecule has 0 radical (unpaired) electrons. The molecule has 2 saturated heterocycles. The zero-order valence-electron chi connectivity index (χ0n) is 16.2. The highest BCUT2D eigenvalue weighted by molar-refractivity contribution is 7.99. The van der Waals surface area contributed by atoms with Crippen molar-refractivity contribution in [2.45, 2.75) is 51.3 Å². The Bertz CT molecular complexity index is 666. The van der Waals surface area contributed by atoms with E-state index in [1.54, 1.807) is 40.9 Å². The molecule has 2 aliphatic heterocycles. The van der Waals surface area contributed by atoms with Gasteiger partial charge in [-0.3, -0.25) is 9.59 Å². The van der Waals surface area contributed by atoms with Crippen LogP contribution in [0, 0.1) is 0 Å². The zero-order valence-corrected chi connectivity index (χ0v) is 17.0. The average Bonchev–Trinajstić information content (AvgIpc) is 3.30. The second-order valence-corrected chi connectivity index (χ2v) is 9.00. The summed E-state index contributed by atoms with van der Waals surface area (Å²) in [5.74, 6) is 1.64. The van der Waals surface area contributed by atoms with Crippen LogP contribution in [0.3, 0.4) is 0 Å². The third kappa shape index (κ3) is 5.39. The molecule has 2 aliphatic rings. The standard InChI is InChI=1S/C20H28N2O4S/c1-20(2,3)21-18(23)17-12-27-13-22(17)19(24)14-6-8-15(9-7-14)26-11-16-5-4-10-25-16/h6-9,16-17H,4-5,10-13H2,1-3H3,(H,21,23). The summed E-state index contributed by atoms with van der Waals surface area (Å²) in [5, 5.41) is 2.97. The Morgan fingerprint density at radius 1 is 1.30 bits per heavy atom. The van der Waals surface area contributed by atoms with Crippen molar-refractivity contribution in [2.75, 3.05) is 24.8 Å². The lowest BCUT2D eigenvalue weighted by Gasteiger charge is -2.27. The molecule has 2 amide bonds. The Kier molecular flexibility index (Phi) is 6.32. The molecule has 148 valence electrons. The Balaban J connectivity index is 1.59. The van der Waals surface area contributed by atoms with E-state index in [1.807, 2.05) is 20.8 Å². The minimum absolute atomic E-state index is 0.0997. The van der Waals surface area contributed by atoms with Crippen LogP contribution >= 0.6 is 11.8 Å². The van der Waals surface area contributed by atoms with Gasteiger partial charge in [-0.15, -0.1) is 11.8 Å². The third-order valence-electron chi connectivity index (χ3n) is 4.51. The number of ether oxygens (including phenoxy) is 2. The van der Waals surface area contributed by atoms with Gasteiger partial charge in [-0.1, -0.05) is 0 Å². The Morgan fingerprint density at radius 2 is 2.04 bits per heavy atom. The lowest BCUT2D eigenvalue weighted by atomic mass is 10.1. The van der Waals surface area contributed by atoms with E-state index in [-0.39, 0.29) is 23.5 Å². The maximum atomic E-state index is 12.9. The monoisotopic (exact) mass is 392 g/mol. The number of amides is 2. The van der Waals surface area contributed by atoms with Crippen LogP contribution in [0.25, 0.3) is 0 Å². The van der Waals surface area contributed by atoms with Crippen molar-refractivity contribution >= 4 is 23.6 Å². The molecule has 1 aromatic rings. The van der Waals surface area contributed by atoms with Crippen LogP contribution in [0.5, 0.6) is 5.75 Å². The summed E-state index contributed by atoms with van der Waals surface area (Å²) in [6, 6.07) is 6.69. The Morgan fingerprint density at radius 3 is 2.67 bits per heavy atom. The molecule has 7 heteroatoms. The van der Waals surface area contributed by atoms with Crippen LogP contribution in [0.4, 0.5) is 0 Å². The lowest BCUT2D eigenvalue weighted by Crippen LogP contribution is -2.52. The number of hydrogen-bond acceptors (Lipinski definition) is 5. The summed E-state index contributed by atoms with van der Waals surface area (Å²) >= 11 is 1.60. The second-order valence-electron chi connectivity index (χ2n) is 8.00. The predicted octanol–water partition coefficient (Wildman–Crippen LogP) is 2.67. The first-order chi connectivity index (χ1) is 12.8. The van der Waals surface area contributed by atoms with E-state index >= 15 is 0 Å². The number of rotatable bonds is 5. The first kappa shape index (κ1) is 20.0. The van der Waals surface area contributed by atoms with E-state index in [0.717, 1.165) is 25.2 Å². The molecule has 0 saturated carbocycles. The zero-order chi connectivity index (χ0) is 19.4. The molecule has 0 aliphatic carbocycles. The van der Waals surface area contributed by atoms with E-state index in [9.17, 15) is 9.59 Å². The van der Waals surface area contributed by atoms with Gasteiger partial charge < -0.3 is 19.7 Å². The summed E-state index contributed by atoms with van der Waals surface area (Å²) in [6.45, 7) is 7.15. The maximum Gasteiger partial charge on any atom is 0.255 e. The van der Waals surface area contributed by atoms with Crippen molar-refractivity contribution < 1.29 is 19.1 Å². The van der Waals surface area contributed by atoms with Gasteiger partial charge in [-0.25, -0.2) is 0 Å². The Hall–Kier alpha value is -1.73. The fourth-order valence-electron chi connectivity index (χ4n) is 3.14. The highest BCUT2D eigenvalue weighted by Gasteiger charge is 2.36. The minimum Gasteiger partial charge on any atom is -0.491 e. The van der Waals surface area contributed by atoms with E-state index in [2.05, 4.69) is 5.32 Å². The summed E-state index contributed by atoms with van der Waals surface area (Å²) in [4.78, 5) is 27.0. The normalized spacial score (nSPS) is 22.7. The van der Waals surface area contributed by atoms with Gasteiger partial charge in [0.05, 0.1) is 12.0 Å². The molecule has 0 spiro atoms. The van der Waals surface area contributed by atoms with Gasteiger partial charge in [-0.05, 0) is 57.9 Å². The van der Waals surface area contributed by atoms with Crippen molar-refractivity contribution in [2.24, 2.45) is 0 Å². The lowest BCUT2D eigenvalue weighted by molar-refractivity contribution is -0.125. The van der Waals surface area contributed by atoms with Gasteiger partial charge in [0.1, 0.15) is 18.4 Å². The van der Waals surface area contributed by atoms with E-state index in [1.165, 1.54) is 0 Å². The van der Waals surface area contributed by atoms with Crippen molar-refractivity contribution in [1.29, 1.82) is 0 Å². The second kappa shape index (κ2) is 8.52. The number of carbonyl (C=O) groups excluding carboxylic acids is 2. The van der Waals surface area contributed by atoms with E-state index < -0.39 is 6.04 Å². The summed E-state index contributed by atoms with van der Waals surface area (Å²) in [7, 11) is 0. The number of thioether (sulfide) groups is 1. The largest absolute Gasteiger partial charge is 0.491 e. The number of hydrogen-bond donors (Lipinski definition) is 1. The molecular formula is C20H28N2O4S. The molecule has 3 rings (SSSR count). The molecule has 1 N–H and O–H groups in total. The number of nitrogens with one attached hydrogen (secondary N) is 1. The van der Waals surface area contributed by atoms with Crippen molar-refractivity contribution in [3.63, 3.8) is 0 Å². The minimum atomic E-state index is -0.433. The molecular weight excluding hydrogens is 364 g/mol. The van der Waals surface area contributed by atoms with E-state index in [4.69, 9.17) is 9.47 Å². The van der Waals surface area contributed by atoms with Crippen LogP contribution in [0.2, 0.25) is 0 Å². The van der Waals surface area contributed by atoms with Crippen molar-refractivity contribution in [1.82, 2.24) is 10.2 Å². The predicted molar refractivity (Wildman–Crippen MR) is 106 cm³/mol. The van der Waals surface area contributed by atoms with Gasteiger partial charge in [0.2, 0.25) is 5.91 Å². The van der Waals surface area contributed by atoms with Crippen LogP contribution < -0.4 is 10.1 Å². The topological polar surface area (TPSA) is 67.9 Å². The highest BCUT2D eigenvalue weighted by atomic mass is 32.2. The molecule has 0 bridgehead atoms. The smallest absolute Gasteiger partial charge is 0.255 e. The molecule has 27 heavy (non-hydrogen) atoms. The van der Waals surface area contributed by atoms with Crippen LogP contribution in [-0.2, 0) is 9.53 Å². The molecule has 1 aromatic carbocycles. The molecule has 0 aromatic heterocycles. The molecule has 2 unspecified atom stereocenters. The van der Waals surface area contributed by atoms with Gasteiger partial charge in [0.15, 0.2) is 0 Å². The third-order valence-corrected chi connectivity index (χ3v) is 5.52. The van der Waals surface area contributed by atoms with Crippen LogP contribution in [0.15, 0.2) is 24.3 Å². The van der Waals surface area contributed by atoms with Gasteiger partial charge in [0, 0.05) is 23.5 Å². The first-order valence-electron chi connectivity index (χ1n) is 9.39. The molecule has 6 nitrogen and oxygen atoms in total. The quantitative estimate of drug-likeness (QED) is 0.834. The number of carbonyl (C=O) groups is 2. The summed E-state index contributed by atoms with van der Waals surface area (Å²) < 4.78 is 11.3. The molecule has 2 fully saturated rings. The van der Waals surface area contributed by atoms with E-state index in [0.29, 0.717) is 23.8 Å². The number of nitrogens with zero attached hydrogens (tertiary/aromatic N) is 1. The summed E-state index contributed by atoms with van der Waals surface area (Å²) in [6.07, 6.45) is 2.27. The SMILES string of the molecule is CC(C)(C)NC(=O)C1CSCN1C(=O)c1ccc(OCC2CCCO2)cc1. The van der Waals surface area contributed by atoms with Crippen LogP contribution in [-0.4, -0.2) is 59.2 Å². The molecule has 2 heterocycles. The van der Waals surface area contributed by atoms with Gasteiger partial charge in [0.25, 0.3) is 5.91 Å². The highest BCUT2D eigenvalue weighted by Crippen LogP contribution is 2.25. The van der Waals surface area contributed by atoms with Crippen LogP contribution in [0.1, 0.15) is 44.0 Å². The van der Waals surface area contributed by atoms with Crippen molar-refractivity contribution in [3.05, 3.63) is 29.8 Å². The fraction of sp³-hybridized carbons (Fsp3) is 0.600. The maximum absolute atomic E-state index is 12.9. The van der Waals surface area contributed by atoms with Gasteiger partial charge in [-0.2, -0.15) is 0 Å².